The molecular formula is C13H18O3. The van der Waals surface area contributed by atoms with Gasteiger partial charge in [-0.05, 0) is 38.8 Å². The number of carbonyl (C=O) groups is 1. The summed E-state index contributed by atoms with van der Waals surface area (Å²) < 4.78 is 12.0. The number of ether oxygens (including phenoxy) is 2. The maximum atomic E-state index is 12.0. The zero-order valence-corrected chi connectivity index (χ0v) is 10.2. The largest absolute Gasteiger partial charge is 0.340 e. The standard InChI is InChI=1S/C13H18O3/c1-7-5-13(15-8(2)9(3)16-13)10-6-12(10,4)11(7)14/h5,8-10H,6H2,1-4H3. The number of hydrogen-bond acceptors (Lipinski definition) is 3. The fourth-order valence-electron chi connectivity index (χ4n) is 3.15. The minimum atomic E-state index is -0.619. The Balaban J connectivity index is 2.02. The van der Waals surface area contributed by atoms with Crippen LogP contribution in [-0.4, -0.2) is 23.8 Å². The molecule has 3 aliphatic rings. The van der Waals surface area contributed by atoms with Crippen molar-refractivity contribution in [2.75, 3.05) is 0 Å². The third-order valence-electron chi connectivity index (χ3n) is 4.42. The highest BCUT2D eigenvalue weighted by atomic mass is 16.8. The lowest BCUT2D eigenvalue weighted by molar-refractivity contribution is -0.164. The Morgan fingerprint density at radius 3 is 2.44 bits per heavy atom. The average Bonchev–Trinajstić information content (AvgIpc) is 2.82. The minimum absolute atomic E-state index is 0.0992. The second-order valence-corrected chi connectivity index (χ2v) is 5.70. The molecule has 2 fully saturated rings. The van der Waals surface area contributed by atoms with Crippen LogP contribution >= 0.6 is 0 Å². The van der Waals surface area contributed by atoms with E-state index in [0.29, 0.717) is 0 Å². The Morgan fingerprint density at radius 1 is 1.31 bits per heavy atom. The predicted molar refractivity (Wildman–Crippen MR) is 58.8 cm³/mol. The van der Waals surface area contributed by atoms with Crippen LogP contribution in [0, 0.1) is 11.3 Å². The zero-order chi connectivity index (χ0) is 11.7. The smallest absolute Gasteiger partial charge is 0.193 e. The van der Waals surface area contributed by atoms with E-state index in [-0.39, 0.29) is 29.3 Å². The van der Waals surface area contributed by atoms with Gasteiger partial charge < -0.3 is 9.47 Å². The number of allylic oxidation sites excluding steroid dienone is 1. The van der Waals surface area contributed by atoms with Gasteiger partial charge in [0.15, 0.2) is 11.6 Å². The van der Waals surface area contributed by atoms with Crippen LogP contribution in [0.2, 0.25) is 0 Å². The van der Waals surface area contributed by atoms with Crippen molar-refractivity contribution in [3.05, 3.63) is 11.6 Å². The molecule has 3 heteroatoms. The summed E-state index contributed by atoms with van der Waals surface area (Å²) in [4.78, 5) is 12.0. The van der Waals surface area contributed by atoms with Crippen LogP contribution in [-0.2, 0) is 14.3 Å². The number of fused-ring (bicyclic) bond motifs is 2. The molecule has 3 rings (SSSR count). The van der Waals surface area contributed by atoms with Gasteiger partial charge in [0.25, 0.3) is 0 Å². The molecule has 3 nitrogen and oxygen atoms in total. The van der Waals surface area contributed by atoms with Gasteiger partial charge in [0.1, 0.15) is 0 Å². The monoisotopic (exact) mass is 222 g/mol. The van der Waals surface area contributed by atoms with Crippen molar-refractivity contribution in [3.8, 4) is 0 Å². The van der Waals surface area contributed by atoms with Gasteiger partial charge in [0.05, 0.1) is 12.2 Å². The van der Waals surface area contributed by atoms with Crippen LogP contribution in [0.25, 0.3) is 0 Å². The van der Waals surface area contributed by atoms with E-state index >= 15 is 0 Å². The first kappa shape index (κ1) is 10.5. The summed E-state index contributed by atoms with van der Waals surface area (Å²) in [5, 5.41) is 0. The topological polar surface area (TPSA) is 35.5 Å². The van der Waals surface area contributed by atoms with Gasteiger partial charge in [-0.25, -0.2) is 0 Å². The van der Waals surface area contributed by atoms with E-state index in [0.717, 1.165) is 12.0 Å². The first-order valence-corrected chi connectivity index (χ1v) is 5.99. The molecule has 0 aromatic heterocycles. The van der Waals surface area contributed by atoms with Gasteiger partial charge in [0.2, 0.25) is 0 Å². The molecule has 1 saturated carbocycles. The molecule has 0 radical (unpaired) electrons. The lowest BCUT2D eigenvalue weighted by Crippen LogP contribution is -2.40. The number of ketones is 1. The molecule has 1 saturated heterocycles. The second kappa shape index (κ2) is 2.77. The Kier molecular flexibility index (Phi) is 1.81. The van der Waals surface area contributed by atoms with Crippen LogP contribution < -0.4 is 0 Å². The lowest BCUT2D eigenvalue weighted by atomic mass is 9.85. The summed E-state index contributed by atoms with van der Waals surface area (Å²) in [5.74, 6) is -0.142. The quantitative estimate of drug-likeness (QED) is 0.629. The summed E-state index contributed by atoms with van der Waals surface area (Å²) in [6.45, 7) is 7.94. The summed E-state index contributed by atoms with van der Waals surface area (Å²) in [5.41, 5.74) is 0.556. The zero-order valence-electron chi connectivity index (χ0n) is 10.2. The number of carbonyl (C=O) groups excluding carboxylic acids is 1. The van der Waals surface area contributed by atoms with E-state index in [1.807, 2.05) is 33.8 Å². The SMILES string of the molecule is CC1=CC2(OC(C)C(C)O2)C2CC2(C)C1=O. The van der Waals surface area contributed by atoms with Crippen LogP contribution in [0.3, 0.4) is 0 Å². The highest BCUT2D eigenvalue weighted by molar-refractivity contribution is 6.03. The van der Waals surface area contributed by atoms with Gasteiger partial charge in [-0.3, -0.25) is 4.79 Å². The highest BCUT2D eigenvalue weighted by Gasteiger charge is 2.70. The predicted octanol–water partition coefficient (Wildman–Crippen LogP) is 2.06. The van der Waals surface area contributed by atoms with Crippen molar-refractivity contribution >= 4 is 5.78 Å². The van der Waals surface area contributed by atoms with E-state index in [1.165, 1.54) is 0 Å². The van der Waals surface area contributed by atoms with Crippen molar-refractivity contribution in [1.82, 2.24) is 0 Å². The van der Waals surface area contributed by atoms with E-state index in [1.54, 1.807) is 0 Å². The molecule has 0 aromatic carbocycles. The molecule has 1 aliphatic heterocycles. The normalized spacial score (nSPS) is 55.1. The summed E-state index contributed by atoms with van der Waals surface area (Å²) in [7, 11) is 0. The fraction of sp³-hybridized carbons (Fsp3) is 0.769. The molecule has 0 amide bonds. The first-order valence-electron chi connectivity index (χ1n) is 5.99. The van der Waals surface area contributed by atoms with E-state index < -0.39 is 5.79 Å². The molecule has 4 unspecified atom stereocenters. The van der Waals surface area contributed by atoms with E-state index in [9.17, 15) is 4.79 Å². The molecule has 4 atom stereocenters. The lowest BCUT2D eigenvalue weighted by Gasteiger charge is -2.31. The molecule has 1 heterocycles. The number of Topliss-reactive ketones (excluding diaryl/α,β-unsaturated/α-hetero) is 1. The molecule has 0 bridgehead atoms. The van der Waals surface area contributed by atoms with Crippen molar-refractivity contribution in [1.29, 1.82) is 0 Å². The van der Waals surface area contributed by atoms with Crippen LogP contribution in [0.15, 0.2) is 11.6 Å². The minimum Gasteiger partial charge on any atom is -0.340 e. The van der Waals surface area contributed by atoms with Gasteiger partial charge in [-0.1, -0.05) is 6.92 Å². The maximum absolute atomic E-state index is 12.0. The summed E-state index contributed by atoms with van der Waals surface area (Å²) in [6.07, 6.45) is 2.98. The van der Waals surface area contributed by atoms with Crippen LogP contribution in [0.5, 0.6) is 0 Å². The summed E-state index contributed by atoms with van der Waals surface area (Å²) in [6, 6.07) is 0. The van der Waals surface area contributed by atoms with E-state index in [2.05, 4.69) is 0 Å². The molecule has 0 N–H and O–H groups in total. The van der Waals surface area contributed by atoms with Gasteiger partial charge in [-0.15, -0.1) is 0 Å². The van der Waals surface area contributed by atoms with Crippen LogP contribution in [0.1, 0.15) is 34.1 Å². The average molecular weight is 222 g/mol. The second-order valence-electron chi connectivity index (χ2n) is 5.70. The van der Waals surface area contributed by atoms with E-state index in [4.69, 9.17) is 9.47 Å². The fourth-order valence-corrected chi connectivity index (χ4v) is 3.15. The Hall–Kier alpha value is -0.670. The molecular weight excluding hydrogens is 204 g/mol. The summed E-state index contributed by atoms with van der Waals surface area (Å²) >= 11 is 0. The number of rotatable bonds is 0. The van der Waals surface area contributed by atoms with Crippen molar-refractivity contribution in [2.45, 2.75) is 52.1 Å². The van der Waals surface area contributed by atoms with Crippen molar-refractivity contribution < 1.29 is 14.3 Å². The van der Waals surface area contributed by atoms with Crippen molar-refractivity contribution in [3.63, 3.8) is 0 Å². The Labute approximate surface area is 95.8 Å². The molecule has 0 aromatic rings. The highest BCUT2D eigenvalue weighted by Crippen LogP contribution is 2.65. The van der Waals surface area contributed by atoms with Gasteiger partial charge in [0, 0.05) is 11.3 Å². The van der Waals surface area contributed by atoms with Gasteiger partial charge >= 0.3 is 0 Å². The first-order chi connectivity index (χ1) is 7.39. The molecule has 88 valence electrons. The third-order valence-corrected chi connectivity index (χ3v) is 4.42. The van der Waals surface area contributed by atoms with Gasteiger partial charge in [-0.2, -0.15) is 0 Å². The Morgan fingerprint density at radius 2 is 1.88 bits per heavy atom. The van der Waals surface area contributed by atoms with Crippen molar-refractivity contribution in [2.24, 2.45) is 11.3 Å². The molecule has 1 spiro atoms. The van der Waals surface area contributed by atoms with Crippen LogP contribution in [0.4, 0.5) is 0 Å². The maximum Gasteiger partial charge on any atom is 0.193 e. The third kappa shape index (κ3) is 1.08. The Bertz CT molecular complexity index is 388. The number of hydrogen-bond donors (Lipinski definition) is 0. The molecule has 16 heavy (non-hydrogen) atoms. The molecule has 2 aliphatic carbocycles.